The van der Waals surface area contributed by atoms with Crippen molar-refractivity contribution in [2.45, 2.75) is 25.5 Å². The monoisotopic (exact) mass is 210 g/mol. The maximum Gasteiger partial charge on any atom is 0.131 e. The average molecular weight is 210 g/mol. The van der Waals surface area contributed by atoms with E-state index in [1.165, 1.54) is 11.3 Å². The molecule has 1 N–H and O–H groups in total. The van der Waals surface area contributed by atoms with Crippen LogP contribution in [0, 0.1) is 6.92 Å². The van der Waals surface area contributed by atoms with E-state index < -0.39 is 0 Å². The first kappa shape index (κ1) is 9.93. The summed E-state index contributed by atoms with van der Waals surface area (Å²) in [5.41, 5.74) is 3.59. The molecule has 0 unspecified atom stereocenters. The number of hydrogen-bond donors (Lipinski definition) is 1. The van der Waals surface area contributed by atoms with Crippen molar-refractivity contribution in [3.63, 3.8) is 0 Å². The minimum atomic E-state index is 0.132. The first-order valence-electron chi connectivity index (χ1n) is 4.85. The maximum absolute atomic E-state index is 8.83. The molecular formula is C10H14N2OS. The molecule has 0 atom stereocenters. The van der Waals surface area contributed by atoms with Crippen LogP contribution in [0.15, 0.2) is 0 Å². The van der Waals surface area contributed by atoms with Crippen LogP contribution in [-0.2, 0) is 18.6 Å². The van der Waals surface area contributed by atoms with E-state index in [4.69, 9.17) is 5.11 Å². The Morgan fingerprint density at radius 2 is 2.29 bits per heavy atom. The molecule has 2 heterocycles. The molecule has 0 saturated heterocycles. The topological polar surface area (TPSA) is 46.0 Å². The second-order valence-electron chi connectivity index (χ2n) is 3.43. The second-order valence-corrected chi connectivity index (χ2v) is 4.53. The largest absolute Gasteiger partial charge is 0.396 e. The highest BCUT2D eigenvalue weighted by molar-refractivity contribution is 7.98. The zero-order chi connectivity index (χ0) is 9.97. The van der Waals surface area contributed by atoms with Gasteiger partial charge in [0.2, 0.25) is 0 Å². The molecule has 1 aliphatic heterocycles. The summed E-state index contributed by atoms with van der Waals surface area (Å²) in [5, 5.41) is 8.83. The minimum absolute atomic E-state index is 0.132. The summed E-state index contributed by atoms with van der Waals surface area (Å²) in [4.78, 5) is 8.87. The van der Waals surface area contributed by atoms with E-state index in [-0.39, 0.29) is 6.61 Å². The van der Waals surface area contributed by atoms with Gasteiger partial charge < -0.3 is 5.11 Å². The van der Waals surface area contributed by atoms with E-state index in [2.05, 4.69) is 9.97 Å². The molecule has 1 aromatic rings. The highest BCUT2D eigenvalue weighted by Crippen LogP contribution is 2.24. The molecule has 14 heavy (non-hydrogen) atoms. The average Bonchev–Trinajstić information content (AvgIpc) is 2.18. The Labute approximate surface area is 88.0 Å². The number of aliphatic hydroxyl groups excluding tert-OH is 1. The molecule has 0 radical (unpaired) electrons. The zero-order valence-electron chi connectivity index (χ0n) is 8.29. The normalized spacial score (nSPS) is 15.3. The van der Waals surface area contributed by atoms with Crippen molar-refractivity contribution in [1.29, 1.82) is 0 Å². The Kier molecular flexibility index (Phi) is 3.03. The lowest BCUT2D eigenvalue weighted by Gasteiger charge is -2.16. The molecule has 1 aromatic heterocycles. The molecule has 76 valence electrons. The van der Waals surface area contributed by atoms with Crippen LogP contribution < -0.4 is 0 Å². The molecule has 0 fully saturated rings. The Morgan fingerprint density at radius 1 is 1.43 bits per heavy atom. The number of hydrogen-bond acceptors (Lipinski definition) is 4. The third-order valence-electron chi connectivity index (χ3n) is 2.41. The van der Waals surface area contributed by atoms with E-state index in [0.29, 0.717) is 6.42 Å². The van der Waals surface area contributed by atoms with Crippen LogP contribution in [0.2, 0.25) is 0 Å². The number of aryl methyl sites for hydroxylation is 2. The predicted octanol–water partition coefficient (Wildman–Crippen LogP) is 1.11. The summed E-state index contributed by atoms with van der Waals surface area (Å²) >= 11 is 1.94. The third-order valence-corrected chi connectivity index (χ3v) is 3.40. The lowest BCUT2D eigenvalue weighted by molar-refractivity contribution is 0.296. The highest BCUT2D eigenvalue weighted by atomic mass is 32.2. The predicted molar refractivity (Wildman–Crippen MR) is 57.4 cm³/mol. The number of aliphatic hydroxyl groups is 1. The summed E-state index contributed by atoms with van der Waals surface area (Å²) in [5.74, 6) is 2.98. The van der Waals surface area contributed by atoms with Crippen molar-refractivity contribution in [3.05, 3.63) is 22.8 Å². The number of aromatic nitrogens is 2. The van der Waals surface area contributed by atoms with Crippen molar-refractivity contribution in [1.82, 2.24) is 9.97 Å². The molecule has 0 saturated carbocycles. The van der Waals surface area contributed by atoms with Gasteiger partial charge in [-0.15, -0.1) is 0 Å². The number of thioether (sulfide) groups is 1. The lowest BCUT2D eigenvalue weighted by Crippen LogP contribution is -2.12. The van der Waals surface area contributed by atoms with Gasteiger partial charge in [-0.25, -0.2) is 9.97 Å². The van der Waals surface area contributed by atoms with E-state index in [1.54, 1.807) is 0 Å². The Hall–Kier alpha value is -0.610. The van der Waals surface area contributed by atoms with Crippen molar-refractivity contribution < 1.29 is 5.11 Å². The van der Waals surface area contributed by atoms with Gasteiger partial charge >= 0.3 is 0 Å². The van der Waals surface area contributed by atoms with Gasteiger partial charge in [0, 0.05) is 29.1 Å². The fourth-order valence-electron chi connectivity index (χ4n) is 1.67. The molecule has 3 nitrogen and oxygen atoms in total. The van der Waals surface area contributed by atoms with Crippen LogP contribution in [0.3, 0.4) is 0 Å². The summed E-state index contributed by atoms with van der Waals surface area (Å²) in [6.45, 7) is 2.17. The first-order valence-corrected chi connectivity index (χ1v) is 6.00. The molecule has 0 bridgehead atoms. The first-order chi connectivity index (χ1) is 6.81. The van der Waals surface area contributed by atoms with Crippen LogP contribution in [-0.4, -0.2) is 27.4 Å². The van der Waals surface area contributed by atoms with Crippen LogP contribution in [0.4, 0.5) is 0 Å². The van der Waals surface area contributed by atoms with Gasteiger partial charge in [0.1, 0.15) is 5.82 Å². The maximum atomic E-state index is 8.83. The summed E-state index contributed by atoms with van der Waals surface area (Å²) < 4.78 is 0. The van der Waals surface area contributed by atoms with E-state index in [1.807, 2.05) is 18.7 Å². The van der Waals surface area contributed by atoms with Crippen molar-refractivity contribution in [2.75, 3.05) is 12.4 Å². The van der Waals surface area contributed by atoms with Gasteiger partial charge in [-0.3, -0.25) is 0 Å². The molecule has 0 aliphatic carbocycles. The number of nitrogens with zero attached hydrogens (tertiary/aromatic N) is 2. The summed E-state index contributed by atoms with van der Waals surface area (Å²) in [6.07, 6.45) is 1.61. The van der Waals surface area contributed by atoms with Crippen molar-refractivity contribution >= 4 is 11.8 Å². The summed E-state index contributed by atoms with van der Waals surface area (Å²) in [6, 6.07) is 0. The van der Waals surface area contributed by atoms with Gasteiger partial charge in [-0.1, -0.05) is 0 Å². The summed E-state index contributed by atoms with van der Waals surface area (Å²) in [7, 11) is 0. The van der Waals surface area contributed by atoms with Gasteiger partial charge in [0.15, 0.2) is 0 Å². The Bertz CT molecular complexity index is 341. The number of fused-ring (bicyclic) bond motifs is 1. The Balaban J connectivity index is 2.36. The zero-order valence-corrected chi connectivity index (χ0v) is 9.10. The lowest BCUT2D eigenvalue weighted by atomic mass is 10.1. The SMILES string of the molecule is Cc1nc(CCO)nc2c1CSCC2. The molecule has 0 spiro atoms. The quantitative estimate of drug-likeness (QED) is 0.794. The smallest absolute Gasteiger partial charge is 0.131 e. The van der Waals surface area contributed by atoms with E-state index in [0.717, 1.165) is 29.4 Å². The van der Waals surface area contributed by atoms with Crippen LogP contribution in [0.25, 0.3) is 0 Å². The van der Waals surface area contributed by atoms with Crippen LogP contribution in [0.1, 0.15) is 22.8 Å². The molecule has 0 amide bonds. The standard InChI is InChI=1S/C10H14N2OS/c1-7-8-6-14-5-3-9(8)12-10(11-7)2-4-13/h13H,2-6H2,1H3. The molecular weight excluding hydrogens is 196 g/mol. The highest BCUT2D eigenvalue weighted by Gasteiger charge is 2.15. The second kappa shape index (κ2) is 4.28. The fraction of sp³-hybridized carbons (Fsp3) is 0.600. The number of rotatable bonds is 2. The molecule has 2 rings (SSSR count). The minimum Gasteiger partial charge on any atom is -0.396 e. The fourth-order valence-corrected chi connectivity index (χ4v) is 2.73. The van der Waals surface area contributed by atoms with E-state index in [9.17, 15) is 0 Å². The molecule has 0 aromatic carbocycles. The molecule has 4 heteroatoms. The molecule has 1 aliphatic rings. The van der Waals surface area contributed by atoms with Gasteiger partial charge in [0.25, 0.3) is 0 Å². The van der Waals surface area contributed by atoms with E-state index >= 15 is 0 Å². The van der Waals surface area contributed by atoms with Crippen molar-refractivity contribution in [2.24, 2.45) is 0 Å². The van der Waals surface area contributed by atoms with Gasteiger partial charge in [0.05, 0.1) is 6.61 Å². The van der Waals surface area contributed by atoms with Gasteiger partial charge in [-0.05, 0) is 19.1 Å². The third kappa shape index (κ3) is 1.91. The van der Waals surface area contributed by atoms with Gasteiger partial charge in [-0.2, -0.15) is 11.8 Å². The van der Waals surface area contributed by atoms with Crippen LogP contribution >= 0.6 is 11.8 Å². The van der Waals surface area contributed by atoms with Crippen LogP contribution in [0.5, 0.6) is 0 Å². The van der Waals surface area contributed by atoms with Crippen molar-refractivity contribution in [3.8, 4) is 0 Å². The Morgan fingerprint density at radius 3 is 3.07 bits per heavy atom.